The number of nitrogens with one attached hydrogen (secondary N) is 1. The lowest BCUT2D eigenvalue weighted by molar-refractivity contribution is -0.116. The first kappa shape index (κ1) is 26.6. The van der Waals surface area contributed by atoms with E-state index in [1.54, 1.807) is 62.0 Å². The number of carbonyl (C=O) groups is 2. The van der Waals surface area contributed by atoms with Crippen molar-refractivity contribution >= 4 is 17.8 Å². The third-order valence-corrected chi connectivity index (χ3v) is 4.92. The van der Waals surface area contributed by atoms with Crippen LogP contribution in [-0.4, -0.2) is 69.2 Å². The first-order valence-corrected chi connectivity index (χ1v) is 11.3. The Hall–Kier alpha value is -3.99. The van der Waals surface area contributed by atoms with Crippen molar-refractivity contribution < 1.29 is 28.6 Å². The first-order chi connectivity index (χ1) is 17.1. The number of halogens is 1. The number of hydrogen-bond donors (Lipinski definition) is 2. The molecule has 3 rings (SSSR count). The molecule has 2 heterocycles. The monoisotopic (exact) mass is 499 g/mol. The Kier molecular flexibility index (Phi) is 8.59. The quantitative estimate of drug-likeness (QED) is 0.461. The lowest BCUT2D eigenvalue weighted by Crippen LogP contribution is -2.40. The number of aromatic nitrogens is 3. The van der Waals surface area contributed by atoms with Gasteiger partial charge in [-0.1, -0.05) is 0 Å². The first-order valence-electron chi connectivity index (χ1n) is 11.3. The molecule has 0 saturated heterocycles. The Morgan fingerprint density at radius 1 is 1.14 bits per heavy atom. The van der Waals surface area contributed by atoms with Gasteiger partial charge in [0.1, 0.15) is 11.4 Å². The summed E-state index contributed by atoms with van der Waals surface area (Å²) in [5, 5.41) is 16.5. The smallest absolute Gasteiger partial charge is 0.410 e. The normalized spacial score (nSPS) is 11.2. The van der Waals surface area contributed by atoms with Crippen LogP contribution in [0.4, 0.5) is 15.0 Å². The van der Waals surface area contributed by atoms with Gasteiger partial charge in [-0.25, -0.2) is 18.9 Å². The summed E-state index contributed by atoms with van der Waals surface area (Å²) in [6.45, 7) is 5.04. The van der Waals surface area contributed by atoms with Crippen LogP contribution in [0, 0.1) is 5.82 Å². The Morgan fingerprint density at radius 2 is 1.86 bits per heavy atom. The number of amides is 2. The molecule has 0 aliphatic carbocycles. The summed E-state index contributed by atoms with van der Waals surface area (Å²) >= 11 is 0. The van der Waals surface area contributed by atoms with E-state index >= 15 is 0 Å². The van der Waals surface area contributed by atoms with Gasteiger partial charge in [-0.2, -0.15) is 0 Å². The second-order valence-corrected chi connectivity index (χ2v) is 8.88. The topological polar surface area (TPSA) is 119 Å². The van der Waals surface area contributed by atoms with E-state index in [9.17, 15) is 19.1 Å². The van der Waals surface area contributed by atoms with Gasteiger partial charge >= 0.3 is 6.09 Å². The van der Waals surface area contributed by atoms with Gasteiger partial charge in [0, 0.05) is 37.2 Å². The molecule has 0 aliphatic rings. The maximum absolute atomic E-state index is 13.5. The number of benzene rings is 1. The number of hydrogen-bond acceptors (Lipinski definition) is 7. The second-order valence-electron chi connectivity index (χ2n) is 8.88. The van der Waals surface area contributed by atoms with Crippen LogP contribution < -0.4 is 10.1 Å². The number of pyridine rings is 1. The zero-order valence-electron chi connectivity index (χ0n) is 20.7. The summed E-state index contributed by atoms with van der Waals surface area (Å²) in [5.74, 6) is -0.0622. The molecule has 0 radical (unpaired) electrons. The molecule has 2 N–H and O–H groups in total. The number of methoxy groups -OCH3 is 1. The Morgan fingerprint density at radius 3 is 2.44 bits per heavy atom. The van der Waals surface area contributed by atoms with Crippen molar-refractivity contribution in [3.05, 3.63) is 54.5 Å². The fraction of sp³-hybridized carbons (Fsp3) is 0.360. The number of ether oxygens (including phenoxy) is 2. The molecule has 0 bridgehead atoms. The molecule has 0 aliphatic heterocycles. The number of nitrogens with zero attached hydrogens (tertiary/aromatic N) is 4. The zero-order chi connectivity index (χ0) is 26.3. The van der Waals surface area contributed by atoms with Crippen molar-refractivity contribution in [3.63, 3.8) is 0 Å². The zero-order valence-corrected chi connectivity index (χ0v) is 20.7. The minimum absolute atomic E-state index is 0.0377. The molecule has 0 fully saturated rings. The highest BCUT2D eigenvalue weighted by Gasteiger charge is 2.22. The fourth-order valence-electron chi connectivity index (χ4n) is 3.27. The van der Waals surface area contributed by atoms with Gasteiger partial charge in [-0.15, -0.1) is 5.10 Å². The average molecular weight is 500 g/mol. The summed E-state index contributed by atoms with van der Waals surface area (Å²) in [7, 11) is 1.51. The predicted molar refractivity (Wildman–Crippen MR) is 131 cm³/mol. The van der Waals surface area contributed by atoms with Crippen LogP contribution in [0.15, 0.2) is 48.7 Å². The lowest BCUT2D eigenvalue weighted by Gasteiger charge is -2.26. The molecule has 2 amide bonds. The molecule has 36 heavy (non-hydrogen) atoms. The summed E-state index contributed by atoms with van der Waals surface area (Å²) < 4.78 is 25.5. The highest BCUT2D eigenvalue weighted by molar-refractivity contribution is 5.90. The van der Waals surface area contributed by atoms with Crippen LogP contribution in [-0.2, 0) is 9.53 Å². The van der Waals surface area contributed by atoms with Crippen molar-refractivity contribution in [2.24, 2.45) is 0 Å². The molecule has 2 aromatic heterocycles. The van der Waals surface area contributed by atoms with Crippen LogP contribution >= 0.6 is 0 Å². The molecular formula is C25H30FN5O5. The van der Waals surface area contributed by atoms with E-state index in [2.05, 4.69) is 15.4 Å². The third-order valence-electron chi connectivity index (χ3n) is 4.92. The number of aliphatic hydroxyl groups excluding tert-OH is 1. The molecule has 10 nitrogen and oxygen atoms in total. The van der Waals surface area contributed by atoms with Crippen LogP contribution in [0.25, 0.3) is 16.9 Å². The number of aliphatic hydroxyl groups is 1. The van der Waals surface area contributed by atoms with Gasteiger partial charge < -0.3 is 24.8 Å². The highest BCUT2D eigenvalue weighted by Crippen LogP contribution is 2.27. The minimum Gasteiger partial charge on any atom is -0.481 e. The molecule has 0 unspecified atom stereocenters. The van der Waals surface area contributed by atoms with Crippen LogP contribution in [0.3, 0.4) is 0 Å². The van der Waals surface area contributed by atoms with Gasteiger partial charge in [-0.05, 0) is 51.1 Å². The molecule has 1 aromatic carbocycles. The molecule has 11 heteroatoms. The van der Waals surface area contributed by atoms with E-state index in [0.29, 0.717) is 22.8 Å². The van der Waals surface area contributed by atoms with Gasteiger partial charge in [0.25, 0.3) is 0 Å². The van der Waals surface area contributed by atoms with Crippen molar-refractivity contribution in [2.45, 2.75) is 32.8 Å². The van der Waals surface area contributed by atoms with Gasteiger partial charge in [0.2, 0.25) is 11.8 Å². The molecule has 3 aromatic rings. The van der Waals surface area contributed by atoms with E-state index in [4.69, 9.17) is 9.47 Å². The van der Waals surface area contributed by atoms with Crippen LogP contribution in [0.5, 0.6) is 5.88 Å². The molecule has 0 saturated carbocycles. The predicted octanol–water partition coefficient (Wildman–Crippen LogP) is 3.64. The van der Waals surface area contributed by atoms with E-state index in [-0.39, 0.29) is 43.7 Å². The Bertz CT molecular complexity index is 1170. The second kappa shape index (κ2) is 11.6. The van der Waals surface area contributed by atoms with Gasteiger partial charge in [0.15, 0.2) is 5.82 Å². The number of anilines is 1. The number of carbonyl (C=O) groups excluding carboxylic acids is 2. The van der Waals surface area contributed by atoms with Crippen LogP contribution in [0.1, 0.15) is 27.2 Å². The minimum atomic E-state index is -0.701. The van der Waals surface area contributed by atoms with Crippen molar-refractivity contribution in [3.8, 4) is 22.8 Å². The van der Waals surface area contributed by atoms with Gasteiger partial charge in [0.05, 0.1) is 31.3 Å². The van der Waals surface area contributed by atoms with E-state index in [1.165, 1.54) is 24.1 Å². The van der Waals surface area contributed by atoms with Crippen molar-refractivity contribution in [1.29, 1.82) is 0 Å². The number of rotatable bonds is 9. The van der Waals surface area contributed by atoms with Crippen molar-refractivity contribution in [2.75, 3.05) is 32.1 Å². The van der Waals surface area contributed by atoms with E-state index in [1.807, 2.05) is 0 Å². The fourth-order valence-corrected chi connectivity index (χ4v) is 3.27. The van der Waals surface area contributed by atoms with Crippen LogP contribution in [0.2, 0.25) is 0 Å². The van der Waals surface area contributed by atoms with E-state index in [0.717, 1.165) is 0 Å². The third kappa shape index (κ3) is 7.25. The summed E-state index contributed by atoms with van der Waals surface area (Å²) in [6.07, 6.45) is 0.916. The summed E-state index contributed by atoms with van der Waals surface area (Å²) in [5.41, 5.74) is 1.19. The molecule has 0 atom stereocenters. The standard InChI is InChI=1S/C25H30FN5O5/c1-25(2,3)36-24(34)30(13-14-32)12-11-22(33)28-21-15-20(17-5-7-18(26)8-6-17)31(29-21)19-9-10-23(35-4)27-16-19/h5-10,15-16,32H,11-14H2,1-4H3,(H,28,29,33). The molecule has 192 valence electrons. The Labute approximate surface area is 208 Å². The maximum Gasteiger partial charge on any atom is 0.410 e. The lowest BCUT2D eigenvalue weighted by atomic mass is 10.1. The highest BCUT2D eigenvalue weighted by atomic mass is 19.1. The average Bonchev–Trinajstić information content (AvgIpc) is 3.24. The summed E-state index contributed by atoms with van der Waals surface area (Å²) in [6, 6.07) is 11.0. The molecule has 0 spiro atoms. The van der Waals surface area contributed by atoms with E-state index < -0.39 is 11.7 Å². The molecular weight excluding hydrogens is 469 g/mol. The largest absolute Gasteiger partial charge is 0.481 e. The van der Waals surface area contributed by atoms with Crippen molar-refractivity contribution in [1.82, 2.24) is 19.7 Å². The Balaban J connectivity index is 1.78. The SMILES string of the molecule is COc1ccc(-n2nc(NC(=O)CCN(CCO)C(=O)OC(C)(C)C)cc2-c2ccc(F)cc2)cn1. The van der Waals surface area contributed by atoms with Gasteiger partial charge in [-0.3, -0.25) is 4.79 Å². The summed E-state index contributed by atoms with van der Waals surface area (Å²) in [4.78, 5) is 30.5. The maximum atomic E-state index is 13.5.